The number of halogens is 1. The zero-order valence-electron chi connectivity index (χ0n) is 18.6. The van der Waals surface area contributed by atoms with Crippen molar-refractivity contribution < 1.29 is 14.3 Å². The second-order valence-electron chi connectivity index (χ2n) is 7.65. The molecule has 4 aromatic rings. The number of aromatic nitrogens is 2. The monoisotopic (exact) mass is 481 g/mol. The molecular formula is C25H24FN3O2S2. The second kappa shape index (κ2) is 9.89. The summed E-state index contributed by atoms with van der Waals surface area (Å²) in [6, 6.07) is 10.3. The number of nitrogens with zero attached hydrogens (tertiary/aromatic N) is 2. The normalized spacial score (nSPS) is 11.2. The van der Waals surface area contributed by atoms with E-state index in [1.165, 1.54) is 23.0 Å². The molecule has 0 aliphatic rings. The van der Waals surface area contributed by atoms with Gasteiger partial charge in [-0.2, -0.15) is 0 Å². The molecule has 0 unspecified atom stereocenters. The highest BCUT2D eigenvalue weighted by atomic mass is 32.2. The molecule has 5 nitrogen and oxygen atoms in total. The smallest absolute Gasteiger partial charge is 0.336 e. The van der Waals surface area contributed by atoms with Gasteiger partial charge in [-0.25, -0.2) is 19.2 Å². The highest BCUT2D eigenvalue weighted by Crippen LogP contribution is 2.34. The molecule has 0 aliphatic carbocycles. The number of carboxylic acid groups (broad SMARTS) is 1. The van der Waals surface area contributed by atoms with Crippen molar-refractivity contribution in [1.29, 1.82) is 0 Å². The molecule has 170 valence electrons. The van der Waals surface area contributed by atoms with Gasteiger partial charge in [-0.3, -0.25) is 0 Å². The summed E-state index contributed by atoms with van der Waals surface area (Å²) < 4.78 is 15.1. The number of benzene rings is 2. The zero-order chi connectivity index (χ0) is 23.5. The highest BCUT2D eigenvalue weighted by Gasteiger charge is 2.14. The molecule has 8 heteroatoms. The Kier molecular flexibility index (Phi) is 6.95. The summed E-state index contributed by atoms with van der Waals surface area (Å²) in [5.74, 6) is 0.322. The van der Waals surface area contributed by atoms with E-state index in [9.17, 15) is 14.3 Å². The third-order valence-corrected chi connectivity index (χ3v) is 7.64. The van der Waals surface area contributed by atoms with Crippen LogP contribution < -0.4 is 5.32 Å². The first-order valence-corrected chi connectivity index (χ1v) is 12.4. The summed E-state index contributed by atoms with van der Waals surface area (Å²) in [6.07, 6.45) is 2.25. The van der Waals surface area contributed by atoms with Crippen LogP contribution in [-0.2, 0) is 6.42 Å². The first-order chi connectivity index (χ1) is 15.9. The van der Waals surface area contributed by atoms with Gasteiger partial charge in [0.05, 0.1) is 11.3 Å². The summed E-state index contributed by atoms with van der Waals surface area (Å²) in [7, 11) is 0. The van der Waals surface area contributed by atoms with Gasteiger partial charge in [-0.1, -0.05) is 13.0 Å². The number of fused-ring (bicyclic) bond motifs is 1. The van der Waals surface area contributed by atoms with Gasteiger partial charge in [0.15, 0.2) is 0 Å². The standard InChI is InChI=1S/C25H24FN3O2S2/c1-4-32-22-10-16(5-6-19(22)25(30)31)21-12-23(29-13-28-21)27-8-7-18-15(3)33-24-14(2)9-17(26)11-20(18)24/h5-6,9-13H,4,7-8H2,1-3H3,(H,30,31)(H,27,28,29). The lowest BCUT2D eigenvalue weighted by Gasteiger charge is -2.10. The van der Waals surface area contributed by atoms with E-state index in [0.29, 0.717) is 17.9 Å². The number of hydrogen-bond donors (Lipinski definition) is 2. The van der Waals surface area contributed by atoms with Crippen LogP contribution in [0.4, 0.5) is 10.2 Å². The van der Waals surface area contributed by atoms with Gasteiger partial charge in [0.2, 0.25) is 0 Å². The van der Waals surface area contributed by atoms with Crippen LogP contribution >= 0.6 is 23.1 Å². The largest absolute Gasteiger partial charge is 0.478 e. The third-order valence-electron chi connectivity index (χ3n) is 5.40. The molecule has 2 heterocycles. The number of thiophene rings is 1. The van der Waals surface area contributed by atoms with E-state index in [0.717, 1.165) is 49.5 Å². The third kappa shape index (κ3) is 5.02. The van der Waals surface area contributed by atoms with Crippen molar-refractivity contribution in [2.24, 2.45) is 0 Å². The Balaban J connectivity index is 1.52. The number of anilines is 1. The fourth-order valence-electron chi connectivity index (χ4n) is 3.87. The zero-order valence-corrected chi connectivity index (χ0v) is 20.2. The van der Waals surface area contributed by atoms with Crippen molar-refractivity contribution in [2.75, 3.05) is 17.6 Å². The lowest BCUT2D eigenvalue weighted by molar-refractivity contribution is 0.0693. The summed E-state index contributed by atoms with van der Waals surface area (Å²) in [5.41, 5.74) is 3.98. The molecule has 0 bridgehead atoms. The van der Waals surface area contributed by atoms with Gasteiger partial charge < -0.3 is 10.4 Å². The van der Waals surface area contributed by atoms with Crippen molar-refractivity contribution in [1.82, 2.24) is 9.97 Å². The molecule has 2 aromatic carbocycles. The molecule has 4 rings (SSSR count). The molecule has 0 spiro atoms. The molecule has 2 N–H and O–H groups in total. The Morgan fingerprint density at radius 3 is 2.76 bits per heavy atom. The lowest BCUT2D eigenvalue weighted by atomic mass is 10.1. The Morgan fingerprint density at radius 2 is 2.00 bits per heavy atom. The fraction of sp³-hybridized carbons (Fsp3) is 0.240. The van der Waals surface area contributed by atoms with E-state index in [-0.39, 0.29) is 5.82 Å². The summed E-state index contributed by atoms with van der Waals surface area (Å²) in [6.45, 7) is 6.66. The average Bonchev–Trinajstić information content (AvgIpc) is 3.10. The molecular weight excluding hydrogens is 457 g/mol. The van der Waals surface area contributed by atoms with Crippen LogP contribution in [0.25, 0.3) is 21.3 Å². The van der Waals surface area contributed by atoms with Crippen LogP contribution in [0.15, 0.2) is 47.6 Å². The van der Waals surface area contributed by atoms with Gasteiger partial charge in [0.25, 0.3) is 0 Å². The van der Waals surface area contributed by atoms with Crippen molar-refractivity contribution in [2.45, 2.75) is 32.1 Å². The number of carboxylic acids is 1. The van der Waals surface area contributed by atoms with Crippen LogP contribution in [-0.4, -0.2) is 33.3 Å². The van der Waals surface area contributed by atoms with Crippen molar-refractivity contribution in [3.05, 3.63) is 70.1 Å². The first kappa shape index (κ1) is 23.2. The van der Waals surface area contributed by atoms with Crippen molar-refractivity contribution in [3.8, 4) is 11.3 Å². The SMILES string of the molecule is CCSc1cc(-c2cc(NCCc3c(C)sc4c(C)cc(F)cc34)ncn2)ccc1C(=O)O. The molecule has 0 fully saturated rings. The van der Waals surface area contributed by atoms with Crippen LogP contribution in [0.3, 0.4) is 0 Å². The van der Waals surface area contributed by atoms with Gasteiger partial charge in [-0.15, -0.1) is 23.1 Å². The molecule has 33 heavy (non-hydrogen) atoms. The highest BCUT2D eigenvalue weighted by molar-refractivity contribution is 7.99. The number of hydrogen-bond acceptors (Lipinski definition) is 6. The van der Waals surface area contributed by atoms with Gasteiger partial charge in [0, 0.05) is 32.6 Å². The molecule has 0 atom stereocenters. The Labute approximate surface area is 200 Å². The summed E-state index contributed by atoms with van der Waals surface area (Å²) >= 11 is 3.20. The van der Waals surface area contributed by atoms with Crippen LogP contribution in [0.2, 0.25) is 0 Å². The molecule has 0 amide bonds. The minimum absolute atomic E-state index is 0.207. The predicted octanol–water partition coefficient (Wildman–Crippen LogP) is 6.58. The van der Waals surface area contributed by atoms with Gasteiger partial charge in [0.1, 0.15) is 18.0 Å². The minimum atomic E-state index is -0.936. The first-order valence-electron chi connectivity index (χ1n) is 10.6. The lowest BCUT2D eigenvalue weighted by Crippen LogP contribution is -2.07. The van der Waals surface area contributed by atoms with Crippen LogP contribution in [0.1, 0.15) is 33.3 Å². The number of thioether (sulfide) groups is 1. The maximum Gasteiger partial charge on any atom is 0.336 e. The van der Waals surface area contributed by atoms with Gasteiger partial charge >= 0.3 is 5.97 Å². The van der Waals surface area contributed by atoms with Crippen LogP contribution in [0.5, 0.6) is 0 Å². The quantitative estimate of drug-likeness (QED) is 0.277. The van der Waals surface area contributed by atoms with E-state index in [1.54, 1.807) is 35.6 Å². The maximum absolute atomic E-state index is 14.0. The second-order valence-corrected chi connectivity index (χ2v) is 10.2. The Hall–Kier alpha value is -2.97. The molecule has 0 saturated heterocycles. The Morgan fingerprint density at radius 1 is 1.18 bits per heavy atom. The van der Waals surface area contributed by atoms with Crippen molar-refractivity contribution >= 4 is 45.0 Å². The molecule has 2 aromatic heterocycles. The fourth-order valence-corrected chi connectivity index (χ4v) is 5.85. The van der Waals surface area contributed by atoms with Crippen LogP contribution in [0, 0.1) is 19.7 Å². The number of rotatable bonds is 8. The summed E-state index contributed by atoms with van der Waals surface area (Å²) in [5, 5.41) is 13.7. The van der Waals surface area contributed by atoms with Gasteiger partial charge in [-0.05, 0) is 66.8 Å². The number of aryl methyl sites for hydroxylation is 2. The molecule has 0 aliphatic heterocycles. The van der Waals surface area contributed by atoms with E-state index in [4.69, 9.17) is 0 Å². The minimum Gasteiger partial charge on any atom is -0.478 e. The maximum atomic E-state index is 14.0. The molecule has 0 radical (unpaired) electrons. The topological polar surface area (TPSA) is 75.1 Å². The number of aromatic carboxylic acids is 1. The Bertz CT molecular complexity index is 1340. The summed E-state index contributed by atoms with van der Waals surface area (Å²) in [4.78, 5) is 22.1. The van der Waals surface area contributed by atoms with E-state index >= 15 is 0 Å². The molecule has 0 saturated carbocycles. The average molecular weight is 482 g/mol. The van der Waals surface area contributed by atoms with E-state index in [1.807, 2.05) is 26.0 Å². The van der Waals surface area contributed by atoms with E-state index < -0.39 is 5.97 Å². The predicted molar refractivity (Wildman–Crippen MR) is 134 cm³/mol. The number of nitrogens with one attached hydrogen (secondary N) is 1. The number of carbonyl (C=O) groups is 1. The van der Waals surface area contributed by atoms with Crippen molar-refractivity contribution in [3.63, 3.8) is 0 Å². The van der Waals surface area contributed by atoms with E-state index in [2.05, 4.69) is 22.2 Å².